The Morgan fingerprint density at radius 2 is 1.92 bits per heavy atom. The zero-order chi connectivity index (χ0) is 26.6. The highest BCUT2D eigenvalue weighted by Gasteiger charge is 2.46. The first-order chi connectivity index (χ1) is 16.9. The summed E-state index contributed by atoms with van der Waals surface area (Å²) in [6, 6.07) is 6.29. The van der Waals surface area contributed by atoms with Crippen LogP contribution >= 0.6 is 23.1 Å². The topological polar surface area (TPSA) is 112 Å². The Morgan fingerprint density at radius 1 is 1.25 bits per heavy atom. The molecule has 1 unspecified atom stereocenters. The Balaban J connectivity index is 1.70. The van der Waals surface area contributed by atoms with Gasteiger partial charge >= 0.3 is 0 Å². The van der Waals surface area contributed by atoms with Crippen molar-refractivity contribution in [3.05, 3.63) is 41.0 Å². The van der Waals surface area contributed by atoms with Crippen molar-refractivity contribution in [1.82, 2.24) is 20.5 Å². The lowest BCUT2D eigenvalue weighted by Gasteiger charge is -2.38. The maximum atomic E-state index is 13.6. The minimum atomic E-state index is -0.828. The Hall–Kier alpha value is -2.43. The molecule has 0 radical (unpaired) electrons. The summed E-state index contributed by atoms with van der Waals surface area (Å²) < 4.78 is -0.607. The van der Waals surface area contributed by atoms with E-state index in [1.807, 2.05) is 64.4 Å². The number of amides is 3. The number of thioether (sulfide) groups is 1. The molecule has 3 rings (SSSR count). The summed E-state index contributed by atoms with van der Waals surface area (Å²) in [6.45, 7) is 11.6. The summed E-state index contributed by atoms with van der Waals surface area (Å²) in [6.07, 6.45) is -0.642. The summed E-state index contributed by atoms with van der Waals surface area (Å²) in [5, 5.41) is 16.3. The van der Waals surface area contributed by atoms with Gasteiger partial charge in [-0.05, 0) is 37.1 Å². The van der Waals surface area contributed by atoms with E-state index in [2.05, 4.69) is 15.6 Å². The maximum absolute atomic E-state index is 13.6. The number of aliphatic hydroxyl groups is 1. The van der Waals surface area contributed by atoms with Gasteiger partial charge in [-0.25, -0.2) is 4.98 Å². The van der Waals surface area contributed by atoms with E-state index in [1.165, 1.54) is 11.8 Å². The molecule has 3 amide bonds. The Kier molecular flexibility index (Phi) is 9.18. The molecule has 0 spiro atoms. The Bertz CT molecular complexity index is 1080. The highest BCUT2D eigenvalue weighted by molar-refractivity contribution is 8.01. The van der Waals surface area contributed by atoms with E-state index in [0.717, 1.165) is 21.7 Å². The molecule has 0 bridgehead atoms. The molecule has 0 saturated carbocycles. The predicted octanol–water partition coefficient (Wildman–Crippen LogP) is 3.12. The van der Waals surface area contributed by atoms with Crippen molar-refractivity contribution in [2.75, 3.05) is 6.54 Å². The molecule has 2 aromatic rings. The van der Waals surface area contributed by atoms with Crippen LogP contribution in [-0.4, -0.2) is 67.4 Å². The molecule has 8 nitrogen and oxygen atoms in total. The highest BCUT2D eigenvalue weighted by atomic mass is 32.2. The van der Waals surface area contributed by atoms with Gasteiger partial charge in [0.2, 0.25) is 17.7 Å². The van der Waals surface area contributed by atoms with Crippen LogP contribution < -0.4 is 10.6 Å². The maximum Gasteiger partial charge on any atom is 0.247 e. The van der Waals surface area contributed by atoms with Crippen molar-refractivity contribution in [2.45, 2.75) is 82.7 Å². The second-order valence-corrected chi connectivity index (χ2v) is 13.1. The summed E-state index contributed by atoms with van der Waals surface area (Å²) in [4.78, 5) is 45.5. The summed E-state index contributed by atoms with van der Waals surface area (Å²) >= 11 is 3.17. The van der Waals surface area contributed by atoms with Gasteiger partial charge in [-0.2, -0.15) is 11.8 Å². The molecule has 0 aliphatic carbocycles. The van der Waals surface area contributed by atoms with Gasteiger partial charge in [0.1, 0.15) is 12.1 Å². The number of carbonyl (C=O) groups is 3. The number of carbonyl (C=O) groups excluding carboxylic acids is 3. The Labute approximate surface area is 221 Å². The van der Waals surface area contributed by atoms with Gasteiger partial charge in [0.15, 0.2) is 0 Å². The van der Waals surface area contributed by atoms with E-state index in [1.54, 1.807) is 23.1 Å². The van der Waals surface area contributed by atoms with Crippen molar-refractivity contribution in [2.24, 2.45) is 0 Å². The number of hydrogen-bond acceptors (Lipinski definition) is 7. The average Bonchev–Trinajstić information content (AvgIpc) is 3.40. The van der Waals surface area contributed by atoms with Crippen LogP contribution in [0.25, 0.3) is 10.4 Å². The van der Waals surface area contributed by atoms with Gasteiger partial charge < -0.3 is 20.6 Å². The number of thiazole rings is 1. The zero-order valence-electron chi connectivity index (χ0n) is 21.7. The van der Waals surface area contributed by atoms with Crippen LogP contribution in [0.4, 0.5) is 0 Å². The van der Waals surface area contributed by atoms with Crippen molar-refractivity contribution in [3.63, 3.8) is 0 Å². The van der Waals surface area contributed by atoms with Crippen molar-refractivity contribution in [1.29, 1.82) is 0 Å². The van der Waals surface area contributed by atoms with Crippen molar-refractivity contribution < 1.29 is 19.5 Å². The first-order valence-electron chi connectivity index (χ1n) is 12.1. The largest absolute Gasteiger partial charge is 0.391 e. The van der Waals surface area contributed by atoms with E-state index >= 15 is 0 Å². The lowest BCUT2D eigenvalue weighted by molar-refractivity contribution is -0.142. The first kappa shape index (κ1) is 28.1. The SMILES string of the molecule is CC(=O)N[C@H](C(=O)N1C[C@H](O)CC1C(=O)NCc1ccc(-c2scnc2C)cc1)C(C)(C)SC(C)C. The fourth-order valence-corrected chi connectivity index (χ4v) is 6.87. The molecule has 1 aromatic carbocycles. The van der Waals surface area contributed by atoms with Gasteiger partial charge in [0, 0.05) is 31.2 Å². The third kappa shape index (κ3) is 6.86. The third-order valence-corrected chi connectivity index (χ3v) is 8.41. The number of nitrogens with zero attached hydrogens (tertiary/aromatic N) is 2. The van der Waals surface area contributed by atoms with E-state index in [0.29, 0.717) is 6.54 Å². The number of aliphatic hydroxyl groups excluding tert-OH is 1. The van der Waals surface area contributed by atoms with Crippen LogP contribution in [0.1, 0.15) is 52.3 Å². The lowest BCUT2D eigenvalue weighted by atomic mass is 10.0. The van der Waals surface area contributed by atoms with Crippen LogP contribution in [-0.2, 0) is 20.9 Å². The van der Waals surface area contributed by atoms with Crippen molar-refractivity contribution >= 4 is 40.8 Å². The predicted molar refractivity (Wildman–Crippen MR) is 145 cm³/mol. The van der Waals surface area contributed by atoms with Crippen LogP contribution in [0.15, 0.2) is 29.8 Å². The number of hydrogen-bond donors (Lipinski definition) is 3. The summed E-state index contributed by atoms with van der Waals surface area (Å²) in [5.74, 6) is -0.994. The summed E-state index contributed by atoms with van der Waals surface area (Å²) in [7, 11) is 0. The molecule has 1 aliphatic rings. The molecule has 3 N–H and O–H groups in total. The third-order valence-electron chi connectivity index (χ3n) is 6.12. The molecule has 36 heavy (non-hydrogen) atoms. The molecular formula is C26H36N4O4S2. The molecule has 1 aliphatic heterocycles. The van der Waals surface area contributed by atoms with Crippen LogP contribution in [0.3, 0.4) is 0 Å². The second kappa shape index (κ2) is 11.7. The summed E-state index contributed by atoms with van der Waals surface area (Å²) in [5.41, 5.74) is 4.81. The van der Waals surface area contributed by atoms with Crippen molar-refractivity contribution in [3.8, 4) is 10.4 Å². The minimum absolute atomic E-state index is 0.0539. The van der Waals surface area contributed by atoms with Gasteiger partial charge in [0.05, 0.1) is 22.2 Å². The molecule has 1 aromatic heterocycles. The highest BCUT2D eigenvalue weighted by Crippen LogP contribution is 2.34. The van der Waals surface area contributed by atoms with Gasteiger partial charge in [-0.1, -0.05) is 38.1 Å². The van der Waals surface area contributed by atoms with Crippen LogP contribution in [0, 0.1) is 6.92 Å². The molecule has 10 heteroatoms. The number of β-amino-alcohol motifs (C(OH)–C–C–N with tert-alkyl or cyclic N) is 1. The number of likely N-dealkylation sites (tertiary alicyclic amines) is 1. The first-order valence-corrected chi connectivity index (χ1v) is 13.9. The quantitative estimate of drug-likeness (QED) is 0.458. The lowest BCUT2D eigenvalue weighted by Crippen LogP contribution is -2.59. The molecular weight excluding hydrogens is 496 g/mol. The van der Waals surface area contributed by atoms with Crippen LogP contribution in [0.2, 0.25) is 0 Å². The number of aromatic nitrogens is 1. The molecule has 3 atom stereocenters. The number of nitrogens with one attached hydrogen (secondary N) is 2. The number of benzene rings is 1. The normalized spacial score (nSPS) is 18.8. The van der Waals surface area contributed by atoms with Crippen LogP contribution in [0.5, 0.6) is 0 Å². The smallest absolute Gasteiger partial charge is 0.247 e. The number of aryl methyl sites for hydroxylation is 1. The van der Waals surface area contributed by atoms with Gasteiger partial charge in [-0.3, -0.25) is 14.4 Å². The fourth-order valence-electron chi connectivity index (χ4n) is 4.54. The molecule has 1 fully saturated rings. The molecule has 196 valence electrons. The van der Waals surface area contributed by atoms with E-state index in [9.17, 15) is 19.5 Å². The Morgan fingerprint density at radius 3 is 2.47 bits per heavy atom. The minimum Gasteiger partial charge on any atom is -0.391 e. The van der Waals surface area contributed by atoms with Gasteiger partial charge in [-0.15, -0.1) is 11.3 Å². The molecule has 1 saturated heterocycles. The molecule has 2 heterocycles. The average molecular weight is 533 g/mol. The number of rotatable bonds is 9. The zero-order valence-corrected chi connectivity index (χ0v) is 23.3. The van der Waals surface area contributed by atoms with E-state index in [4.69, 9.17) is 0 Å². The van der Waals surface area contributed by atoms with Gasteiger partial charge in [0.25, 0.3) is 0 Å². The fraction of sp³-hybridized carbons (Fsp3) is 0.538. The van der Waals surface area contributed by atoms with E-state index < -0.39 is 22.9 Å². The van der Waals surface area contributed by atoms with E-state index in [-0.39, 0.29) is 35.9 Å². The second-order valence-electron chi connectivity index (χ2n) is 9.98. The standard InChI is InChI=1S/C26H36N4O4S2/c1-15(2)36-26(5,6)23(29-17(4)31)25(34)30-13-20(32)11-21(30)24(33)27-12-18-7-9-19(10-8-18)22-16(3)28-14-35-22/h7-10,14-15,20-21,23,32H,11-13H2,1-6H3,(H,27,33)(H,29,31)/t20-,21?,23-/m1/s1. The monoisotopic (exact) mass is 532 g/mol.